The molecule has 21 heavy (non-hydrogen) atoms. The van der Waals surface area contributed by atoms with Gasteiger partial charge in [0.25, 0.3) is 0 Å². The Labute approximate surface area is 124 Å². The minimum Gasteiger partial charge on any atom is -0.484 e. The number of rotatable bonds is 9. The minimum atomic E-state index is -0.454. The van der Waals surface area contributed by atoms with E-state index in [1.807, 2.05) is 13.8 Å². The summed E-state index contributed by atoms with van der Waals surface area (Å²) in [6.45, 7) is 4.64. The molecule has 0 aromatic heterocycles. The van der Waals surface area contributed by atoms with Crippen LogP contribution in [-0.4, -0.2) is 44.5 Å². The van der Waals surface area contributed by atoms with Crippen LogP contribution in [0.5, 0.6) is 5.75 Å². The van der Waals surface area contributed by atoms with E-state index in [0.717, 1.165) is 5.69 Å². The number of methoxy groups -OCH3 is 2. The first-order chi connectivity index (χ1) is 9.97. The smallest absolute Gasteiger partial charge is 0.311 e. The minimum absolute atomic E-state index is 0.0468. The van der Waals surface area contributed by atoms with E-state index in [-0.39, 0.29) is 23.6 Å². The molecule has 1 atom stereocenters. The lowest BCUT2D eigenvalue weighted by Gasteiger charge is -2.17. The highest BCUT2D eigenvalue weighted by molar-refractivity contribution is 5.58. The SMILES string of the molecule is COCC(CNc1ccc([N+](=O)[O-])c(OC(C)C)c1)OC. The fourth-order valence-electron chi connectivity index (χ4n) is 1.75. The Kier molecular flexibility index (Phi) is 6.90. The molecular formula is C14H22N2O5. The van der Waals surface area contributed by atoms with Crippen molar-refractivity contribution in [2.45, 2.75) is 26.1 Å². The van der Waals surface area contributed by atoms with Crippen LogP contribution in [0.2, 0.25) is 0 Å². The molecule has 1 aromatic rings. The van der Waals surface area contributed by atoms with Crippen molar-refractivity contribution in [1.82, 2.24) is 0 Å². The van der Waals surface area contributed by atoms with Crippen molar-refractivity contribution in [2.24, 2.45) is 0 Å². The maximum absolute atomic E-state index is 11.0. The Morgan fingerprint density at radius 3 is 2.57 bits per heavy atom. The van der Waals surface area contributed by atoms with E-state index in [4.69, 9.17) is 14.2 Å². The van der Waals surface area contributed by atoms with Gasteiger partial charge in [0.2, 0.25) is 0 Å². The van der Waals surface area contributed by atoms with Crippen molar-refractivity contribution < 1.29 is 19.1 Å². The van der Waals surface area contributed by atoms with Crippen LogP contribution in [0, 0.1) is 10.1 Å². The van der Waals surface area contributed by atoms with Gasteiger partial charge in [-0.25, -0.2) is 0 Å². The lowest BCUT2D eigenvalue weighted by Crippen LogP contribution is -2.26. The first kappa shape index (κ1) is 17.2. The maximum atomic E-state index is 11.0. The number of hydrogen-bond donors (Lipinski definition) is 1. The lowest BCUT2D eigenvalue weighted by molar-refractivity contribution is -0.386. The summed E-state index contributed by atoms with van der Waals surface area (Å²) in [6.07, 6.45) is -0.237. The van der Waals surface area contributed by atoms with Gasteiger partial charge in [-0.3, -0.25) is 10.1 Å². The summed E-state index contributed by atoms with van der Waals surface area (Å²) < 4.78 is 15.8. The highest BCUT2D eigenvalue weighted by Crippen LogP contribution is 2.30. The topological polar surface area (TPSA) is 82.9 Å². The van der Waals surface area contributed by atoms with Crippen LogP contribution in [0.3, 0.4) is 0 Å². The van der Waals surface area contributed by atoms with Gasteiger partial charge in [0.1, 0.15) is 0 Å². The first-order valence-corrected chi connectivity index (χ1v) is 6.68. The van der Waals surface area contributed by atoms with E-state index < -0.39 is 4.92 Å². The fraction of sp³-hybridized carbons (Fsp3) is 0.571. The van der Waals surface area contributed by atoms with Gasteiger partial charge in [-0.15, -0.1) is 0 Å². The third-order valence-electron chi connectivity index (χ3n) is 2.74. The fourth-order valence-corrected chi connectivity index (χ4v) is 1.75. The monoisotopic (exact) mass is 298 g/mol. The summed E-state index contributed by atoms with van der Waals surface area (Å²) in [5, 5.41) is 14.1. The summed E-state index contributed by atoms with van der Waals surface area (Å²) >= 11 is 0. The van der Waals surface area contributed by atoms with Crippen molar-refractivity contribution in [3.05, 3.63) is 28.3 Å². The molecule has 7 nitrogen and oxygen atoms in total. The van der Waals surface area contributed by atoms with Gasteiger partial charge in [0, 0.05) is 38.6 Å². The number of nitrogens with zero attached hydrogens (tertiary/aromatic N) is 1. The third kappa shape index (κ3) is 5.57. The normalized spacial score (nSPS) is 12.2. The summed E-state index contributed by atoms with van der Waals surface area (Å²) in [7, 11) is 3.21. The molecule has 1 rings (SSSR count). The first-order valence-electron chi connectivity index (χ1n) is 6.68. The molecular weight excluding hydrogens is 276 g/mol. The summed E-state index contributed by atoms with van der Waals surface area (Å²) in [5.74, 6) is 0.251. The maximum Gasteiger partial charge on any atom is 0.311 e. The summed E-state index contributed by atoms with van der Waals surface area (Å²) in [4.78, 5) is 10.5. The Morgan fingerprint density at radius 2 is 2.05 bits per heavy atom. The van der Waals surface area contributed by atoms with Gasteiger partial charge in [-0.2, -0.15) is 0 Å². The average molecular weight is 298 g/mol. The third-order valence-corrected chi connectivity index (χ3v) is 2.74. The Morgan fingerprint density at radius 1 is 1.33 bits per heavy atom. The lowest BCUT2D eigenvalue weighted by atomic mass is 10.2. The van der Waals surface area contributed by atoms with Gasteiger partial charge < -0.3 is 19.5 Å². The number of hydrogen-bond acceptors (Lipinski definition) is 6. The molecule has 1 aromatic carbocycles. The van der Waals surface area contributed by atoms with E-state index in [2.05, 4.69) is 5.32 Å². The summed E-state index contributed by atoms with van der Waals surface area (Å²) in [5.41, 5.74) is 0.684. The van der Waals surface area contributed by atoms with Gasteiger partial charge in [0.05, 0.1) is 23.7 Å². The van der Waals surface area contributed by atoms with Gasteiger partial charge >= 0.3 is 5.69 Å². The zero-order chi connectivity index (χ0) is 15.8. The van der Waals surface area contributed by atoms with Crippen LogP contribution in [0.15, 0.2) is 18.2 Å². The van der Waals surface area contributed by atoms with Gasteiger partial charge in [-0.05, 0) is 19.9 Å². The number of nitrogens with one attached hydrogen (secondary N) is 1. The van der Waals surface area contributed by atoms with Crippen LogP contribution in [0.25, 0.3) is 0 Å². The molecule has 1 N–H and O–H groups in total. The number of nitro groups is 1. The van der Waals surface area contributed by atoms with Crippen molar-refractivity contribution in [3.63, 3.8) is 0 Å². The number of anilines is 1. The van der Waals surface area contributed by atoms with E-state index in [1.165, 1.54) is 6.07 Å². The van der Waals surface area contributed by atoms with Crippen LogP contribution in [0.4, 0.5) is 11.4 Å². The Bertz CT molecular complexity index is 465. The second-order valence-corrected chi connectivity index (χ2v) is 4.80. The molecule has 0 aliphatic carbocycles. The van der Waals surface area contributed by atoms with E-state index in [0.29, 0.717) is 13.2 Å². The second-order valence-electron chi connectivity index (χ2n) is 4.80. The number of nitro benzene ring substituents is 1. The van der Waals surface area contributed by atoms with Gasteiger partial charge in [0.15, 0.2) is 5.75 Å². The van der Waals surface area contributed by atoms with Crippen molar-refractivity contribution in [3.8, 4) is 5.75 Å². The molecule has 0 amide bonds. The van der Waals surface area contributed by atoms with Crippen molar-refractivity contribution >= 4 is 11.4 Å². The highest BCUT2D eigenvalue weighted by Gasteiger charge is 2.17. The molecule has 0 radical (unpaired) electrons. The molecule has 118 valence electrons. The predicted molar refractivity (Wildman–Crippen MR) is 80.0 cm³/mol. The zero-order valence-electron chi connectivity index (χ0n) is 12.8. The van der Waals surface area contributed by atoms with Crippen molar-refractivity contribution in [2.75, 3.05) is 32.7 Å². The Balaban J connectivity index is 2.82. The van der Waals surface area contributed by atoms with E-state index >= 15 is 0 Å². The molecule has 0 bridgehead atoms. The van der Waals surface area contributed by atoms with Crippen LogP contribution < -0.4 is 10.1 Å². The van der Waals surface area contributed by atoms with Crippen LogP contribution in [0.1, 0.15) is 13.8 Å². The van der Waals surface area contributed by atoms with Crippen LogP contribution in [-0.2, 0) is 9.47 Å². The molecule has 1 unspecified atom stereocenters. The highest BCUT2D eigenvalue weighted by atomic mass is 16.6. The average Bonchev–Trinajstić information content (AvgIpc) is 2.42. The quantitative estimate of drug-likeness (QED) is 0.557. The van der Waals surface area contributed by atoms with Gasteiger partial charge in [-0.1, -0.05) is 0 Å². The molecule has 0 aliphatic rings. The number of ether oxygens (including phenoxy) is 3. The number of benzene rings is 1. The van der Waals surface area contributed by atoms with Crippen molar-refractivity contribution in [1.29, 1.82) is 0 Å². The van der Waals surface area contributed by atoms with E-state index in [1.54, 1.807) is 26.4 Å². The second kappa shape index (κ2) is 8.43. The molecule has 0 heterocycles. The largest absolute Gasteiger partial charge is 0.484 e. The molecule has 0 aliphatic heterocycles. The molecule has 0 spiro atoms. The Hall–Kier alpha value is -1.86. The zero-order valence-corrected chi connectivity index (χ0v) is 12.8. The summed E-state index contributed by atoms with van der Waals surface area (Å²) in [6, 6.07) is 4.70. The molecule has 0 saturated heterocycles. The molecule has 0 saturated carbocycles. The molecule has 7 heteroatoms. The van der Waals surface area contributed by atoms with Crippen LogP contribution >= 0.6 is 0 Å². The molecule has 0 fully saturated rings. The van der Waals surface area contributed by atoms with E-state index in [9.17, 15) is 10.1 Å². The predicted octanol–water partition coefficient (Wildman–Crippen LogP) is 2.46. The standard InChI is InChI=1S/C14H22N2O5/c1-10(2)21-14-7-11(5-6-13(14)16(17)18)15-8-12(20-4)9-19-3/h5-7,10,12,15H,8-9H2,1-4H3.